The van der Waals surface area contributed by atoms with Crippen LogP contribution in [0.2, 0.25) is 0 Å². The van der Waals surface area contributed by atoms with Gasteiger partial charge in [0.05, 0.1) is 12.4 Å². The fraction of sp³-hybridized carbons (Fsp3) is 0.750. The lowest BCUT2D eigenvalue weighted by molar-refractivity contribution is -0.135. The number of unbranched alkanes of at least 4 members (excludes halogenated alkanes) is 2. The Kier molecular flexibility index (Phi) is 8.01. The van der Waals surface area contributed by atoms with Gasteiger partial charge in [0.25, 0.3) is 0 Å². The maximum atomic E-state index is 10.4. The molecule has 1 unspecified atom stereocenters. The van der Waals surface area contributed by atoms with E-state index in [0.717, 1.165) is 25.7 Å². The maximum Gasteiger partial charge on any atom is 0.307 e. The molecule has 0 radical (unpaired) electrons. The van der Waals surface area contributed by atoms with Crippen molar-refractivity contribution < 1.29 is 14.6 Å². The summed E-state index contributed by atoms with van der Waals surface area (Å²) in [4.78, 5) is 10.4. The smallest absolute Gasteiger partial charge is 0.307 e. The third-order valence-corrected chi connectivity index (χ3v) is 2.22. The van der Waals surface area contributed by atoms with Gasteiger partial charge in [0, 0.05) is 6.92 Å². The molecule has 3 heteroatoms. The minimum Gasteiger partial charge on any atom is -0.435 e. The zero-order valence-corrected chi connectivity index (χ0v) is 9.90. The van der Waals surface area contributed by atoms with E-state index in [-0.39, 0.29) is 12.1 Å². The van der Waals surface area contributed by atoms with Gasteiger partial charge >= 0.3 is 5.97 Å². The molecule has 3 nitrogen and oxygen atoms in total. The Bertz CT molecular complexity index is 197. The molecule has 0 bridgehead atoms. The van der Waals surface area contributed by atoms with Crippen LogP contribution < -0.4 is 0 Å². The molecular formula is C12H22O3. The van der Waals surface area contributed by atoms with Crippen LogP contribution in [0, 0.1) is 5.92 Å². The Morgan fingerprint density at radius 3 is 2.60 bits per heavy atom. The van der Waals surface area contributed by atoms with Crippen molar-refractivity contribution in [2.75, 3.05) is 0 Å². The monoisotopic (exact) mass is 214 g/mol. The molecule has 0 rings (SSSR count). The van der Waals surface area contributed by atoms with Crippen LogP contribution in [-0.4, -0.2) is 17.2 Å². The van der Waals surface area contributed by atoms with Crippen molar-refractivity contribution in [2.45, 2.75) is 52.6 Å². The zero-order valence-electron chi connectivity index (χ0n) is 9.90. The first kappa shape index (κ1) is 14.2. The predicted octanol–water partition coefficient (Wildman–Crippen LogP) is 2.64. The van der Waals surface area contributed by atoms with E-state index in [1.165, 1.54) is 13.2 Å². The fourth-order valence-corrected chi connectivity index (χ4v) is 1.16. The molecule has 0 heterocycles. The number of aliphatic hydroxyl groups excluding tert-OH is 1. The summed E-state index contributed by atoms with van der Waals surface area (Å²) in [5.74, 6) is 0.0445. The maximum absolute atomic E-state index is 10.4. The molecular weight excluding hydrogens is 192 g/mol. The number of allylic oxidation sites excluding steroid dienone is 1. The standard InChI is InChI=1S/C12H22O3/c1-10(2)12(14)8-6-4-5-7-9-15-11(3)13/h7,9-10,12,14H,4-6,8H2,1-3H3. The molecule has 0 aromatic rings. The first-order chi connectivity index (χ1) is 7.04. The Hall–Kier alpha value is -0.830. The van der Waals surface area contributed by atoms with Crippen LogP contribution in [0.25, 0.3) is 0 Å². The summed E-state index contributed by atoms with van der Waals surface area (Å²) in [6, 6.07) is 0. The molecule has 15 heavy (non-hydrogen) atoms. The van der Waals surface area contributed by atoms with Gasteiger partial charge in [0.1, 0.15) is 0 Å². The first-order valence-corrected chi connectivity index (χ1v) is 5.54. The summed E-state index contributed by atoms with van der Waals surface area (Å²) < 4.78 is 4.64. The van der Waals surface area contributed by atoms with Crippen molar-refractivity contribution in [3.05, 3.63) is 12.3 Å². The van der Waals surface area contributed by atoms with E-state index in [0.29, 0.717) is 5.92 Å². The predicted molar refractivity (Wildman–Crippen MR) is 60.2 cm³/mol. The molecule has 0 aliphatic carbocycles. The topological polar surface area (TPSA) is 46.5 Å². The number of ether oxygens (including phenoxy) is 1. The molecule has 0 aromatic carbocycles. The molecule has 0 saturated carbocycles. The first-order valence-electron chi connectivity index (χ1n) is 5.54. The molecule has 0 aliphatic heterocycles. The number of rotatable bonds is 7. The summed E-state index contributed by atoms with van der Waals surface area (Å²) in [7, 11) is 0. The lowest BCUT2D eigenvalue weighted by atomic mass is 10.0. The van der Waals surface area contributed by atoms with Crippen LogP contribution in [0.15, 0.2) is 12.3 Å². The molecule has 88 valence electrons. The largest absolute Gasteiger partial charge is 0.435 e. The Labute approximate surface area is 92.1 Å². The second-order valence-corrected chi connectivity index (χ2v) is 4.08. The third kappa shape index (κ3) is 9.47. The molecule has 1 N–H and O–H groups in total. The van der Waals surface area contributed by atoms with Gasteiger partial charge in [-0.15, -0.1) is 0 Å². The third-order valence-electron chi connectivity index (χ3n) is 2.22. The molecule has 0 amide bonds. The van der Waals surface area contributed by atoms with Gasteiger partial charge in [-0.05, 0) is 31.3 Å². The zero-order chi connectivity index (χ0) is 11.7. The Morgan fingerprint density at radius 2 is 2.07 bits per heavy atom. The van der Waals surface area contributed by atoms with Gasteiger partial charge in [-0.25, -0.2) is 0 Å². The van der Waals surface area contributed by atoms with E-state index < -0.39 is 0 Å². The number of hydrogen-bond donors (Lipinski definition) is 1. The summed E-state index contributed by atoms with van der Waals surface area (Å²) in [5.41, 5.74) is 0. The molecule has 0 aromatic heterocycles. The number of carbonyl (C=O) groups is 1. The van der Waals surface area contributed by atoms with E-state index in [9.17, 15) is 9.90 Å². The molecule has 1 atom stereocenters. The highest BCUT2D eigenvalue weighted by atomic mass is 16.5. The molecule has 0 spiro atoms. The van der Waals surface area contributed by atoms with Crippen LogP contribution in [0.5, 0.6) is 0 Å². The highest BCUT2D eigenvalue weighted by molar-refractivity contribution is 5.66. The summed E-state index contributed by atoms with van der Waals surface area (Å²) >= 11 is 0. The fourth-order valence-electron chi connectivity index (χ4n) is 1.16. The Balaban J connectivity index is 3.32. The normalized spacial score (nSPS) is 13.4. The summed E-state index contributed by atoms with van der Waals surface area (Å²) in [5, 5.41) is 9.51. The lowest BCUT2D eigenvalue weighted by Gasteiger charge is -2.13. The number of esters is 1. The van der Waals surface area contributed by atoms with Crippen molar-refractivity contribution in [1.82, 2.24) is 0 Å². The van der Waals surface area contributed by atoms with Gasteiger partial charge in [-0.3, -0.25) is 4.79 Å². The van der Waals surface area contributed by atoms with Gasteiger partial charge < -0.3 is 9.84 Å². The van der Waals surface area contributed by atoms with Gasteiger partial charge in [-0.2, -0.15) is 0 Å². The SMILES string of the molecule is CC(=O)OC=CCCCCC(O)C(C)C. The van der Waals surface area contributed by atoms with E-state index in [4.69, 9.17) is 0 Å². The van der Waals surface area contributed by atoms with E-state index in [2.05, 4.69) is 4.74 Å². The lowest BCUT2D eigenvalue weighted by Crippen LogP contribution is -2.13. The second kappa shape index (κ2) is 8.48. The van der Waals surface area contributed by atoms with Crippen LogP contribution in [0.4, 0.5) is 0 Å². The molecule has 0 saturated heterocycles. The number of aliphatic hydroxyl groups is 1. The van der Waals surface area contributed by atoms with Crippen LogP contribution in [0.3, 0.4) is 0 Å². The highest BCUT2D eigenvalue weighted by Gasteiger charge is 2.07. The summed E-state index contributed by atoms with van der Waals surface area (Å²) in [6.45, 7) is 5.42. The van der Waals surface area contributed by atoms with Gasteiger partial charge in [0.2, 0.25) is 0 Å². The quantitative estimate of drug-likeness (QED) is 0.402. The number of carbonyl (C=O) groups excluding carboxylic acids is 1. The molecule has 0 aliphatic rings. The van der Waals surface area contributed by atoms with E-state index in [1.54, 1.807) is 0 Å². The Morgan fingerprint density at radius 1 is 1.40 bits per heavy atom. The average Bonchev–Trinajstić information content (AvgIpc) is 2.15. The van der Waals surface area contributed by atoms with E-state index >= 15 is 0 Å². The van der Waals surface area contributed by atoms with Crippen molar-refractivity contribution in [3.63, 3.8) is 0 Å². The van der Waals surface area contributed by atoms with Crippen molar-refractivity contribution in [2.24, 2.45) is 5.92 Å². The second-order valence-electron chi connectivity index (χ2n) is 4.08. The number of hydrogen-bond acceptors (Lipinski definition) is 3. The van der Waals surface area contributed by atoms with E-state index in [1.807, 2.05) is 19.9 Å². The summed E-state index contributed by atoms with van der Waals surface area (Å²) in [6.07, 6.45) is 6.83. The molecule has 0 fully saturated rings. The van der Waals surface area contributed by atoms with Crippen molar-refractivity contribution in [3.8, 4) is 0 Å². The van der Waals surface area contributed by atoms with Crippen LogP contribution in [0.1, 0.15) is 46.5 Å². The average molecular weight is 214 g/mol. The van der Waals surface area contributed by atoms with Gasteiger partial charge in [-0.1, -0.05) is 20.3 Å². The van der Waals surface area contributed by atoms with Crippen LogP contribution in [-0.2, 0) is 9.53 Å². The highest BCUT2D eigenvalue weighted by Crippen LogP contribution is 2.10. The minimum absolute atomic E-state index is 0.192. The minimum atomic E-state index is -0.290. The van der Waals surface area contributed by atoms with Crippen molar-refractivity contribution in [1.29, 1.82) is 0 Å². The van der Waals surface area contributed by atoms with Crippen molar-refractivity contribution >= 4 is 5.97 Å². The van der Waals surface area contributed by atoms with Crippen LogP contribution >= 0.6 is 0 Å². The van der Waals surface area contributed by atoms with Gasteiger partial charge in [0.15, 0.2) is 0 Å².